The summed E-state index contributed by atoms with van der Waals surface area (Å²) >= 11 is 1.57. The predicted molar refractivity (Wildman–Crippen MR) is 169 cm³/mol. The number of esters is 1. The number of carbonyl (C=O) groups excluding carboxylic acids is 4. The Balaban J connectivity index is 3.43. The van der Waals surface area contributed by atoms with Gasteiger partial charge in [0.15, 0.2) is 0 Å². The lowest BCUT2D eigenvalue weighted by Gasteiger charge is -2.34. The van der Waals surface area contributed by atoms with Crippen molar-refractivity contribution in [3.8, 4) is 0 Å². The predicted octanol–water partition coefficient (Wildman–Crippen LogP) is 5.80. The van der Waals surface area contributed by atoms with Gasteiger partial charge in [-0.2, -0.15) is 11.8 Å². The quantitative estimate of drug-likeness (QED) is 0.151. The Kier molecular flexibility index (Phi) is 17.9. The van der Waals surface area contributed by atoms with E-state index < -0.39 is 29.7 Å². The third-order valence-corrected chi connectivity index (χ3v) is 7.23. The number of carbonyl (C=O) groups is 4. The third-order valence-electron chi connectivity index (χ3n) is 6.58. The van der Waals surface area contributed by atoms with Crippen LogP contribution in [-0.2, 0) is 30.3 Å². The molecule has 0 radical (unpaired) electrons. The number of benzene rings is 1. The largest absolute Gasteiger partial charge is 0.466 e. The summed E-state index contributed by atoms with van der Waals surface area (Å²) in [4.78, 5) is 54.3. The van der Waals surface area contributed by atoms with E-state index in [0.717, 1.165) is 37.7 Å². The van der Waals surface area contributed by atoms with Crippen molar-refractivity contribution in [1.29, 1.82) is 0 Å². The highest BCUT2D eigenvalue weighted by molar-refractivity contribution is 7.98. The van der Waals surface area contributed by atoms with E-state index in [4.69, 9.17) is 9.47 Å². The van der Waals surface area contributed by atoms with Gasteiger partial charge in [0.05, 0.1) is 13.0 Å². The van der Waals surface area contributed by atoms with Crippen molar-refractivity contribution in [1.82, 2.24) is 15.5 Å². The summed E-state index contributed by atoms with van der Waals surface area (Å²) in [5.74, 6) is -0.482. The molecule has 0 spiro atoms. The van der Waals surface area contributed by atoms with E-state index in [-0.39, 0.29) is 31.4 Å². The lowest BCUT2D eigenvalue weighted by atomic mass is 9.99. The molecule has 0 bridgehead atoms. The van der Waals surface area contributed by atoms with Crippen molar-refractivity contribution in [3.63, 3.8) is 0 Å². The minimum absolute atomic E-state index is 0.0303. The van der Waals surface area contributed by atoms with Crippen LogP contribution in [0.5, 0.6) is 0 Å². The molecule has 2 atom stereocenters. The summed E-state index contributed by atoms with van der Waals surface area (Å²) in [5, 5.41) is 5.63. The molecule has 0 aliphatic heterocycles. The van der Waals surface area contributed by atoms with E-state index in [1.165, 1.54) is 0 Å². The first-order chi connectivity index (χ1) is 20.0. The number of amides is 3. The molecule has 0 heterocycles. The summed E-state index contributed by atoms with van der Waals surface area (Å²) in [5.41, 5.74) is 1.06. The van der Waals surface area contributed by atoms with Crippen LogP contribution in [0.3, 0.4) is 0 Å². The summed E-state index contributed by atoms with van der Waals surface area (Å²) in [6.07, 6.45) is 7.38. The molecule has 1 aromatic rings. The van der Waals surface area contributed by atoms with Crippen LogP contribution in [0.2, 0.25) is 0 Å². The lowest BCUT2D eigenvalue weighted by molar-refractivity contribution is -0.144. The summed E-state index contributed by atoms with van der Waals surface area (Å²) in [7, 11) is 0. The van der Waals surface area contributed by atoms with E-state index in [1.54, 1.807) is 44.4 Å². The van der Waals surface area contributed by atoms with Crippen LogP contribution in [0.4, 0.5) is 4.79 Å². The number of alkyl carbamates (subject to hydrolysis) is 1. The molecule has 1 aromatic carbocycles. The number of nitrogens with one attached hydrogen (secondary N) is 2. The zero-order valence-electron chi connectivity index (χ0n) is 26.8. The van der Waals surface area contributed by atoms with Gasteiger partial charge in [-0.1, -0.05) is 63.8 Å². The molecule has 0 saturated carbocycles. The Morgan fingerprint density at radius 1 is 0.976 bits per heavy atom. The molecule has 238 valence electrons. The standard InChI is InChI=1S/C32H53N3O6S/c1-8-11-12-13-14-22-35(30(38)26(20-23-42-7)34-31(39)41-32(4,5)6)28(25-17-15-24(9-2)16-18-25)29(37)33-21-19-27(36)40-10-3/h15-18,26,28H,8-14,19-23H2,1-7H3,(H,33,37)(H,34,39). The van der Waals surface area contributed by atoms with Crippen molar-refractivity contribution in [3.05, 3.63) is 35.4 Å². The van der Waals surface area contributed by atoms with Crippen LogP contribution >= 0.6 is 11.8 Å². The number of rotatable bonds is 19. The number of thioether (sulfide) groups is 1. The topological polar surface area (TPSA) is 114 Å². The maximum absolute atomic E-state index is 14.3. The molecule has 0 fully saturated rings. The Morgan fingerprint density at radius 3 is 2.21 bits per heavy atom. The average Bonchev–Trinajstić information content (AvgIpc) is 2.93. The van der Waals surface area contributed by atoms with E-state index in [9.17, 15) is 19.2 Å². The number of hydrogen-bond acceptors (Lipinski definition) is 7. The van der Waals surface area contributed by atoms with Crippen LogP contribution in [0.15, 0.2) is 24.3 Å². The molecule has 9 nitrogen and oxygen atoms in total. The summed E-state index contributed by atoms with van der Waals surface area (Å²) in [6, 6.07) is 5.88. The molecule has 10 heteroatoms. The molecule has 1 rings (SSSR count). The Bertz CT molecular complexity index is 964. The van der Waals surface area contributed by atoms with Crippen molar-refractivity contribution in [2.24, 2.45) is 0 Å². The normalized spacial score (nSPS) is 12.6. The van der Waals surface area contributed by atoms with Crippen molar-refractivity contribution >= 4 is 35.6 Å². The van der Waals surface area contributed by atoms with E-state index in [2.05, 4.69) is 24.5 Å². The number of hydrogen-bond donors (Lipinski definition) is 2. The van der Waals surface area contributed by atoms with Gasteiger partial charge in [0.1, 0.15) is 17.7 Å². The number of ether oxygens (including phenoxy) is 2. The molecular formula is C32H53N3O6S. The highest BCUT2D eigenvalue weighted by atomic mass is 32.2. The molecule has 3 amide bonds. The fourth-order valence-electron chi connectivity index (χ4n) is 4.42. The van der Waals surface area contributed by atoms with Gasteiger partial charge in [-0.25, -0.2) is 4.79 Å². The fourth-order valence-corrected chi connectivity index (χ4v) is 4.89. The number of nitrogens with zero attached hydrogens (tertiary/aromatic N) is 1. The van der Waals surface area contributed by atoms with E-state index in [0.29, 0.717) is 30.7 Å². The smallest absolute Gasteiger partial charge is 0.408 e. The number of unbranched alkanes of at least 4 members (excludes halogenated alkanes) is 4. The second-order valence-corrected chi connectivity index (χ2v) is 12.3. The zero-order chi connectivity index (χ0) is 31.5. The Hall–Kier alpha value is -2.75. The Labute approximate surface area is 257 Å². The molecule has 2 unspecified atom stereocenters. The SMILES string of the molecule is CCCCCCCN(C(=O)C(CCSC)NC(=O)OC(C)(C)C)C(C(=O)NCCC(=O)OCC)c1ccc(CC)cc1. The van der Waals surface area contributed by atoms with E-state index in [1.807, 2.05) is 30.5 Å². The second-order valence-electron chi connectivity index (χ2n) is 11.3. The van der Waals surface area contributed by atoms with Gasteiger partial charge in [0.25, 0.3) is 0 Å². The monoisotopic (exact) mass is 607 g/mol. The summed E-state index contributed by atoms with van der Waals surface area (Å²) < 4.78 is 10.5. The first-order valence-electron chi connectivity index (χ1n) is 15.3. The molecular weight excluding hydrogens is 554 g/mol. The van der Waals surface area contributed by atoms with Gasteiger partial charge in [0, 0.05) is 13.1 Å². The summed E-state index contributed by atoms with van der Waals surface area (Å²) in [6.45, 7) is 11.9. The molecule has 0 aliphatic rings. The van der Waals surface area contributed by atoms with Crippen LogP contribution in [0, 0.1) is 0 Å². The van der Waals surface area contributed by atoms with Gasteiger partial charge in [0.2, 0.25) is 11.8 Å². The van der Waals surface area contributed by atoms with Gasteiger partial charge in [-0.05, 0) is 70.1 Å². The minimum atomic E-state index is -0.936. The zero-order valence-corrected chi connectivity index (χ0v) is 27.6. The molecule has 0 aliphatic carbocycles. The maximum Gasteiger partial charge on any atom is 0.408 e. The highest BCUT2D eigenvalue weighted by Crippen LogP contribution is 2.25. The van der Waals surface area contributed by atoms with E-state index >= 15 is 0 Å². The Morgan fingerprint density at radius 2 is 1.64 bits per heavy atom. The second kappa shape index (κ2) is 20.2. The van der Waals surface area contributed by atoms with Gasteiger partial charge < -0.3 is 25.0 Å². The first kappa shape index (κ1) is 37.3. The average molecular weight is 608 g/mol. The molecule has 0 saturated heterocycles. The van der Waals surface area contributed by atoms with Gasteiger partial charge in [-0.15, -0.1) is 0 Å². The van der Waals surface area contributed by atoms with Crippen LogP contribution in [0.25, 0.3) is 0 Å². The van der Waals surface area contributed by atoms with Gasteiger partial charge in [-0.3, -0.25) is 14.4 Å². The van der Waals surface area contributed by atoms with Crippen LogP contribution < -0.4 is 10.6 Å². The van der Waals surface area contributed by atoms with Crippen molar-refractivity contribution in [2.75, 3.05) is 31.7 Å². The van der Waals surface area contributed by atoms with Crippen molar-refractivity contribution < 1.29 is 28.7 Å². The van der Waals surface area contributed by atoms with Crippen LogP contribution in [-0.4, -0.2) is 72.1 Å². The van der Waals surface area contributed by atoms with Gasteiger partial charge >= 0.3 is 12.1 Å². The molecule has 0 aromatic heterocycles. The minimum Gasteiger partial charge on any atom is -0.466 e. The highest BCUT2D eigenvalue weighted by Gasteiger charge is 2.36. The van der Waals surface area contributed by atoms with Crippen LogP contribution in [0.1, 0.15) is 104 Å². The maximum atomic E-state index is 14.3. The fraction of sp³-hybridized carbons (Fsp3) is 0.688. The third kappa shape index (κ3) is 14.4. The molecule has 42 heavy (non-hydrogen) atoms. The van der Waals surface area contributed by atoms with Crippen molar-refractivity contribution in [2.45, 2.75) is 111 Å². The first-order valence-corrected chi connectivity index (χ1v) is 16.7. The lowest BCUT2D eigenvalue weighted by Crippen LogP contribution is -2.53. The number of aryl methyl sites for hydroxylation is 1. The molecule has 2 N–H and O–H groups in total.